The lowest BCUT2D eigenvalue weighted by Gasteiger charge is -2.18. The molecule has 2 rings (SSSR count). The number of aryl methyl sites for hydroxylation is 1. The van der Waals surface area contributed by atoms with Gasteiger partial charge in [0, 0.05) is 19.9 Å². The molecule has 1 N–H and O–H groups in total. The van der Waals surface area contributed by atoms with Gasteiger partial charge in [-0.2, -0.15) is 0 Å². The van der Waals surface area contributed by atoms with Crippen molar-refractivity contribution in [3.63, 3.8) is 0 Å². The molecule has 0 atom stereocenters. The Balaban J connectivity index is 2.34. The smallest absolute Gasteiger partial charge is 0.225 e. The van der Waals surface area contributed by atoms with Crippen LogP contribution in [0.3, 0.4) is 0 Å². The number of anilines is 1. The summed E-state index contributed by atoms with van der Waals surface area (Å²) in [5, 5.41) is 0.754. The van der Waals surface area contributed by atoms with E-state index in [0.717, 1.165) is 39.6 Å². The molecule has 22 heavy (non-hydrogen) atoms. The number of ether oxygens (including phenoxy) is 1. The summed E-state index contributed by atoms with van der Waals surface area (Å²) in [5.74, 6) is 0.786. The van der Waals surface area contributed by atoms with Crippen LogP contribution >= 0.6 is 11.3 Å². The summed E-state index contributed by atoms with van der Waals surface area (Å²) in [7, 11) is 5.87. The topological polar surface area (TPSA) is 46.9 Å². The second-order valence-corrected chi connectivity index (χ2v) is 6.72. The largest absolute Gasteiger partial charge is 0.494 e. The lowest BCUT2D eigenvalue weighted by molar-refractivity contribution is -0.858. The monoisotopic (exact) mass is 322 g/mol. The van der Waals surface area contributed by atoms with Crippen LogP contribution in [0.5, 0.6) is 5.75 Å². The number of fused-ring (bicyclic) bond motifs is 1. The number of aromatic nitrogens is 1. The highest BCUT2D eigenvalue weighted by molar-refractivity contribution is 7.22. The summed E-state index contributed by atoms with van der Waals surface area (Å²) in [6.07, 6.45) is 0.952. The van der Waals surface area contributed by atoms with Crippen LogP contribution in [-0.2, 0) is 4.79 Å². The summed E-state index contributed by atoms with van der Waals surface area (Å²) in [6.45, 7) is 5.37. The average Bonchev–Trinajstić information content (AvgIpc) is 2.89. The summed E-state index contributed by atoms with van der Waals surface area (Å²) < 4.78 is 6.47. The van der Waals surface area contributed by atoms with Crippen LogP contribution in [-0.4, -0.2) is 45.2 Å². The van der Waals surface area contributed by atoms with E-state index in [4.69, 9.17) is 4.74 Å². The van der Waals surface area contributed by atoms with Gasteiger partial charge in [0.05, 0.1) is 32.4 Å². The van der Waals surface area contributed by atoms with Crippen LogP contribution in [0.4, 0.5) is 5.13 Å². The van der Waals surface area contributed by atoms with E-state index in [9.17, 15) is 4.79 Å². The molecule has 0 saturated carbocycles. The molecule has 6 heteroatoms. The third-order valence-corrected chi connectivity index (χ3v) is 4.80. The third-order valence-electron chi connectivity index (χ3n) is 3.58. The predicted molar refractivity (Wildman–Crippen MR) is 91.2 cm³/mol. The molecule has 5 nitrogen and oxygen atoms in total. The SMILES string of the molecule is COc1ccc(C)c2sc(N(CCC[NH+](C)C)C(C)=O)nc12. The van der Waals surface area contributed by atoms with Crippen molar-refractivity contribution in [3.8, 4) is 5.75 Å². The van der Waals surface area contributed by atoms with Gasteiger partial charge in [0.15, 0.2) is 5.13 Å². The molecule has 0 bridgehead atoms. The number of amides is 1. The lowest BCUT2D eigenvalue weighted by Crippen LogP contribution is -3.05. The predicted octanol–water partition coefficient (Wildman–Crippen LogP) is 1.50. The van der Waals surface area contributed by atoms with E-state index in [1.165, 1.54) is 4.90 Å². The highest BCUT2D eigenvalue weighted by Gasteiger charge is 2.19. The van der Waals surface area contributed by atoms with Gasteiger partial charge >= 0.3 is 0 Å². The molecule has 0 aliphatic rings. The Hall–Kier alpha value is -1.66. The van der Waals surface area contributed by atoms with Crippen LogP contribution in [0.1, 0.15) is 18.9 Å². The van der Waals surface area contributed by atoms with Crippen LogP contribution in [0.25, 0.3) is 10.2 Å². The number of methoxy groups -OCH3 is 1. The maximum Gasteiger partial charge on any atom is 0.225 e. The minimum Gasteiger partial charge on any atom is -0.494 e. The van der Waals surface area contributed by atoms with Gasteiger partial charge in [0.1, 0.15) is 11.3 Å². The van der Waals surface area contributed by atoms with Crippen molar-refractivity contribution in [2.24, 2.45) is 0 Å². The first-order valence-corrected chi connectivity index (χ1v) is 8.27. The van der Waals surface area contributed by atoms with Crippen LogP contribution in [0.15, 0.2) is 12.1 Å². The van der Waals surface area contributed by atoms with Crippen LogP contribution < -0.4 is 14.5 Å². The molecule has 0 aliphatic carbocycles. The molecule has 1 heterocycles. The number of nitrogens with one attached hydrogen (secondary N) is 1. The fraction of sp³-hybridized carbons (Fsp3) is 0.500. The van der Waals surface area contributed by atoms with E-state index in [1.54, 1.807) is 30.3 Å². The number of thiazole rings is 1. The first kappa shape index (κ1) is 16.7. The number of quaternary nitrogens is 1. The van der Waals surface area contributed by atoms with Gasteiger partial charge in [-0.1, -0.05) is 17.4 Å². The van der Waals surface area contributed by atoms with Gasteiger partial charge in [-0.05, 0) is 18.6 Å². The minimum atomic E-state index is 0.0319. The molecule has 1 aromatic carbocycles. The summed E-state index contributed by atoms with van der Waals surface area (Å²) in [6, 6.07) is 3.95. The quantitative estimate of drug-likeness (QED) is 0.877. The lowest BCUT2D eigenvalue weighted by atomic mass is 10.2. The highest BCUT2D eigenvalue weighted by Crippen LogP contribution is 2.36. The standard InChI is InChI=1S/C16H23N3O2S/c1-11-7-8-13(21-5)14-15(11)22-16(17-14)19(12(2)20)10-6-9-18(3)4/h7-8H,6,9-10H2,1-5H3/p+1. The van der Waals surface area contributed by atoms with Crippen LogP contribution in [0.2, 0.25) is 0 Å². The fourth-order valence-electron chi connectivity index (χ4n) is 2.36. The summed E-state index contributed by atoms with van der Waals surface area (Å²) in [5.41, 5.74) is 1.99. The van der Waals surface area contributed by atoms with Gasteiger partial charge in [0.25, 0.3) is 0 Å². The normalized spacial score (nSPS) is 11.2. The van der Waals surface area contributed by atoms with E-state index in [1.807, 2.05) is 12.1 Å². The van der Waals surface area contributed by atoms with Crippen molar-refractivity contribution >= 4 is 32.6 Å². The molecule has 1 amide bonds. The Morgan fingerprint density at radius 1 is 1.41 bits per heavy atom. The number of nitrogens with zero attached hydrogens (tertiary/aromatic N) is 2. The molecule has 0 saturated heterocycles. The molecule has 2 aromatic rings. The Bertz CT molecular complexity index is 667. The molecule has 0 spiro atoms. The minimum absolute atomic E-state index is 0.0319. The zero-order valence-corrected chi connectivity index (χ0v) is 14.7. The van der Waals surface area contributed by atoms with Gasteiger partial charge < -0.3 is 9.64 Å². The highest BCUT2D eigenvalue weighted by atomic mass is 32.1. The molecular formula is C16H24N3O2S+. The molecule has 120 valence electrons. The van der Waals surface area contributed by atoms with Crippen molar-refractivity contribution in [3.05, 3.63) is 17.7 Å². The first-order chi connectivity index (χ1) is 10.4. The molecule has 0 unspecified atom stereocenters. The number of carbonyl (C=O) groups excluding carboxylic acids is 1. The molecule has 0 fully saturated rings. The first-order valence-electron chi connectivity index (χ1n) is 7.45. The van der Waals surface area contributed by atoms with Gasteiger partial charge in [-0.25, -0.2) is 4.98 Å². The number of benzene rings is 1. The van der Waals surface area contributed by atoms with E-state index >= 15 is 0 Å². The summed E-state index contributed by atoms with van der Waals surface area (Å²) >= 11 is 1.56. The maximum absolute atomic E-state index is 12.0. The Kier molecular flexibility index (Phi) is 5.37. The van der Waals surface area contributed by atoms with Gasteiger partial charge in [-0.3, -0.25) is 9.69 Å². The Labute approximate surface area is 135 Å². The van der Waals surface area contributed by atoms with E-state index in [0.29, 0.717) is 6.54 Å². The molecule has 0 aliphatic heterocycles. The molecule has 0 radical (unpaired) electrons. The Morgan fingerprint density at radius 3 is 2.73 bits per heavy atom. The van der Waals surface area contributed by atoms with E-state index < -0.39 is 0 Å². The van der Waals surface area contributed by atoms with Crippen molar-refractivity contribution in [2.75, 3.05) is 39.2 Å². The molecule has 1 aromatic heterocycles. The number of carbonyl (C=O) groups is 1. The second-order valence-electron chi connectivity index (χ2n) is 5.74. The van der Waals surface area contributed by atoms with Crippen molar-refractivity contribution in [2.45, 2.75) is 20.3 Å². The number of hydrogen-bond donors (Lipinski definition) is 1. The number of rotatable bonds is 6. The van der Waals surface area contributed by atoms with Crippen molar-refractivity contribution in [1.82, 2.24) is 4.98 Å². The van der Waals surface area contributed by atoms with Gasteiger partial charge in [0.2, 0.25) is 5.91 Å². The van der Waals surface area contributed by atoms with Crippen molar-refractivity contribution in [1.29, 1.82) is 0 Å². The zero-order valence-electron chi connectivity index (χ0n) is 13.9. The van der Waals surface area contributed by atoms with Gasteiger partial charge in [-0.15, -0.1) is 0 Å². The summed E-state index contributed by atoms with van der Waals surface area (Å²) in [4.78, 5) is 19.8. The second kappa shape index (κ2) is 7.07. The number of hydrogen-bond acceptors (Lipinski definition) is 4. The van der Waals surface area contributed by atoms with E-state index in [-0.39, 0.29) is 5.91 Å². The third kappa shape index (κ3) is 3.56. The maximum atomic E-state index is 12.0. The zero-order chi connectivity index (χ0) is 16.3. The van der Waals surface area contributed by atoms with E-state index in [2.05, 4.69) is 26.0 Å². The van der Waals surface area contributed by atoms with Crippen LogP contribution in [0, 0.1) is 6.92 Å². The fourth-order valence-corrected chi connectivity index (χ4v) is 3.48. The average molecular weight is 322 g/mol. The Morgan fingerprint density at radius 2 is 2.14 bits per heavy atom. The van der Waals surface area contributed by atoms with Crippen molar-refractivity contribution < 1.29 is 14.4 Å². The molecular weight excluding hydrogens is 298 g/mol.